The highest BCUT2D eigenvalue weighted by Gasteiger charge is 2.28. The van der Waals surface area contributed by atoms with E-state index >= 15 is 0 Å². The molecule has 8 heteroatoms. The zero-order valence-electron chi connectivity index (χ0n) is 19.4. The number of rotatable bonds is 4. The quantitative estimate of drug-likeness (QED) is 0.378. The van der Waals surface area contributed by atoms with Crippen LogP contribution in [0.2, 0.25) is 0 Å². The number of nitrogens with one attached hydrogen (secondary N) is 1. The van der Waals surface area contributed by atoms with E-state index in [1.54, 1.807) is 24.4 Å². The number of fused-ring (bicyclic) bond motifs is 1. The Labute approximate surface area is 205 Å². The second-order valence-electron chi connectivity index (χ2n) is 8.92. The van der Waals surface area contributed by atoms with Gasteiger partial charge in [-0.05, 0) is 61.4 Å². The number of amides is 1. The van der Waals surface area contributed by atoms with Crippen LogP contribution in [0.5, 0.6) is 0 Å². The second-order valence-corrected chi connectivity index (χ2v) is 8.92. The first-order valence-electron chi connectivity index (χ1n) is 11.9. The van der Waals surface area contributed by atoms with Gasteiger partial charge in [-0.25, -0.2) is 14.2 Å². The molecule has 3 heterocycles. The van der Waals surface area contributed by atoms with Crippen LogP contribution in [-0.2, 0) is 0 Å². The number of benzene rings is 3. The molecular weight excluding hydrogens is 459 g/mol. The fourth-order valence-corrected chi connectivity index (χ4v) is 4.94. The van der Waals surface area contributed by atoms with Crippen molar-refractivity contribution in [2.45, 2.75) is 18.9 Å². The molecule has 0 radical (unpaired) electrons. The summed E-state index contributed by atoms with van der Waals surface area (Å²) in [6.45, 7) is 1.08. The van der Waals surface area contributed by atoms with Crippen LogP contribution >= 0.6 is 0 Å². The predicted molar refractivity (Wildman–Crippen MR) is 134 cm³/mol. The second kappa shape index (κ2) is 8.96. The first-order chi connectivity index (χ1) is 17.6. The average molecular weight is 483 g/mol. The molecule has 1 aliphatic rings. The number of halogens is 1. The molecule has 36 heavy (non-hydrogen) atoms. The Morgan fingerprint density at radius 3 is 2.50 bits per heavy atom. The van der Waals surface area contributed by atoms with E-state index in [0.717, 1.165) is 11.0 Å². The van der Waals surface area contributed by atoms with Crippen molar-refractivity contribution in [3.05, 3.63) is 101 Å². The molecule has 1 amide bonds. The summed E-state index contributed by atoms with van der Waals surface area (Å²) in [6, 6.07) is 20.9. The van der Waals surface area contributed by atoms with E-state index in [2.05, 4.69) is 9.97 Å². The summed E-state index contributed by atoms with van der Waals surface area (Å²) in [6.07, 6.45) is 2.95. The molecule has 0 aliphatic carbocycles. The molecule has 0 atom stereocenters. The lowest BCUT2D eigenvalue weighted by atomic mass is 10.0. The third kappa shape index (κ3) is 3.90. The molecule has 1 N–H and O–H groups in total. The number of para-hydroxylation sites is 2. The highest BCUT2D eigenvalue weighted by molar-refractivity contribution is 6.00. The van der Waals surface area contributed by atoms with Gasteiger partial charge in [0.15, 0.2) is 5.76 Å². The lowest BCUT2D eigenvalue weighted by molar-refractivity contribution is 0.0695. The van der Waals surface area contributed by atoms with Crippen molar-refractivity contribution in [2.75, 3.05) is 13.1 Å². The Hall–Kier alpha value is -4.46. The fourth-order valence-electron chi connectivity index (χ4n) is 4.94. The van der Waals surface area contributed by atoms with Crippen LogP contribution in [0.1, 0.15) is 29.2 Å². The van der Waals surface area contributed by atoms with Crippen LogP contribution in [0.25, 0.3) is 33.8 Å². The Morgan fingerprint density at radius 2 is 1.69 bits per heavy atom. The van der Waals surface area contributed by atoms with E-state index in [1.807, 2.05) is 51.9 Å². The van der Waals surface area contributed by atoms with Gasteiger partial charge in [-0.15, -0.1) is 0 Å². The predicted octanol–water partition coefficient (Wildman–Crippen LogP) is 5.27. The van der Waals surface area contributed by atoms with E-state index in [4.69, 9.17) is 4.42 Å². The highest BCUT2D eigenvalue weighted by atomic mass is 19.1. The number of carbonyl (C=O) groups is 1. The molecule has 0 spiro atoms. The van der Waals surface area contributed by atoms with Gasteiger partial charge in [-0.2, -0.15) is 0 Å². The zero-order valence-corrected chi connectivity index (χ0v) is 19.4. The number of hydrogen-bond acceptors (Lipinski definition) is 4. The number of aromatic amines is 1. The third-order valence-electron chi connectivity index (χ3n) is 6.76. The summed E-state index contributed by atoms with van der Waals surface area (Å²) < 4.78 is 21.0. The molecule has 1 aliphatic heterocycles. The summed E-state index contributed by atoms with van der Waals surface area (Å²) in [5.41, 5.74) is 3.40. The van der Waals surface area contributed by atoms with Gasteiger partial charge in [0.05, 0.1) is 22.8 Å². The van der Waals surface area contributed by atoms with Gasteiger partial charge >= 0.3 is 5.69 Å². The van der Waals surface area contributed by atoms with E-state index in [9.17, 15) is 14.0 Å². The topological polar surface area (TPSA) is 84.1 Å². The van der Waals surface area contributed by atoms with E-state index in [1.165, 1.54) is 12.1 Å². The number of hydrogen-bond donors (Lipinski definition) is 1. The minimum Gasteiger partial charge on any atom is -0.436 e. The molecule has 7 nitrogen and oxygen atoms in total. The maximum absolute atomic E-state index is 13.5. The van der Waals surface area contributed by atoms with Crippen molar-refractivity contribution >= 4 is 16.9 Å². The first kappa shape index (κ1) is 22.0. The Morgan fingerprint density at radius 1 is 0.972 bits per heavy atom. The van der Waals surface area contributed by atoms with Crippen LogP contribution in [0.15, 0.2) is 88.2 Å². The molecule has 0 saturated carbocycles. The van der Waals surface area contributed by atoms with Crippen molar-refractivity contribution in [2.24, 2.45) is 0 Å². The standard InChI is InChI=1S/C28H23FN4O3/c29-19-11-9-18(10-12-19)25-17-30-26(36-25)21-5-1-2-6-22(21)27(34)32-15-13-20(14-16-32)33-24-8-4-3-7-23(24)31-28(33)35/h1-12,17,20H,13-16H2,(H,31,35). The minimum absolute atomic E-state index is 0.0259. The van der Waals surface area contributed by atoms with Gasteiger partial charge in [-0.3, -0.25) is 9.36 Å². The summed E-state index contributed by atoms with van der Waals surface area (Å²) in [7, 11) is 0. The summed E-state index contributed by atoms with van der Waals surface area (Å²) >= 11 is 0. The van der Waals surface area contributed by atoms with Crippen LogP contribution in [0, 0.1) is 5.82 Å². The number of aromatic nitrogens is 3. The van der Waals surface area contributed by atoms with Crippen molar-refractivity contribution in [3.8, 4) is 22.8 Å². The Kier molecular flexibility index (Phi) is 5.48. The number of nitrogens with zero attached hydrogens (tertiary/aromatic N) is 3. The molecule has 5 aromatic rings. The molecule has 6 rings (SSSR count). The zero-order chi connectivity index (χ0) is 24.6. The normalized spacial score (nSPS) is 14.4. The number of oxazole rings is 1. The van der Waals surface area contributed by atoms with Crippen LogP contribution in [0.3, 0.4) is 0 Å². The molecule has 2 aromatic heterocycles. The van der Waals surface area contributed by atoms with Gasteiger partial charge in [-0.1, -0.05) is 24.3 Å². The largest absolute Gasteiger partial charge is 0.436 e. The average Bonchev–Trinajstić information content (AvgIpc) is 3.53. The maximum Gasteiger partial charge on any atom is 0.326 e. The number of likely N-dealkylation sites (tertiary alicyclic amines) is 1. The third-order valence-corrected chi connectivity index (χ3v) is 6.76. The molecule has 1 fully saturated rings. The fraction of sp³-hybridized carbons (Fsp3) is 0.179. The molecular formula is C28H23FN4O3. The number of imidazole rings is 1. The smallest absolute Gasteiger partial charge is 0.326 e. The minimum atomic E-state index is -0.326. The van der Waals surface area contributed by atoms with Crippen LogP contribution in [0.4, 0.5) is 4.39 Å². The summed E-state index contributed by atoms with van der Waals surface area (Å²) in [5.74, 6) is 0.403. The Bertz CT molecular complexity index is 1610. The molecule has 0 bridgehead atoms. The van der Waals surface area contributed by atoms with E-state index in [-0.39, 0.29) is 23.5 Å². The van der Waals surface area contributed by atoms with Gasteiger partial charge in [0, 0.05) is 30.3 Å². The number of piperidine rings is 1. The molecule has 180 valence electrons. The maximum atomic E-state index is 13.5. The summed E-state index contributed by atoms with van der Waals surface area (Å²) in [5, 5.41) is 0. The number of H-pyrrole nitrogens is 1. The molecule has 1 saturated heterocycles. The lowest BCUT2D eigenvalue weighted by Crippen LogP contribution is -2.40. The monoisotopic (exact) mass is 482 g/mol. The van der Waals surface area contributed by atoms with Crippen molar-refractivity contribution in [3.63, 3.8) is 0 Å². The molecule has 0 unspecified atom stereocenters. The highest BCUT2D eigenvalue weighted by Crippen LogP contribution is 2.31. The lowest BCUT2D eigenvalue weighted by Gasteiger charge is -2.33. The molecule has 3 aromatic carbocycles. The van der Waals surface area contributed by atoms with Crippen molar-refractivity contribution in [1.29, 1.82) is 0 Å². The van der Waals surface area contributed by atoms with Gasteiger partial charge in [0.2, 0.25) is 5.89 Å². The van der Waals surface area contributed by atoms with Crippen LogP contribution in [-0.4, -0.2) is 38.4 Å². The number of carbonyl (C=O) groups excluding carboxylic acids is 1. The van der Waals surface area contributed by atoms with Crippen LogP contribution < -0.4 is 5.69 Å². The first-order valence-corrected chi connectivity index (χ1v) is 11.9. The van der Waals surface area contributed by atoms with E-state index in [0.29, 0.717) is 54.3 Å². The Balaban J connectivity index is 1.22. The summed E-state index contributed by atoms with van der Waals surface area (Å²) in [4.78, 5) is 35.2. The SMILES string of the molecule is O=C(c1ccccc1-c1ncc(-c2ccc(F)cc2)o1)N1CCC(n2c(=O)[nH]c3ccccc32)CC1. The van der Waals surface area contributed by atoms with Gasteiger partial charge in [0.25, 0.3) is 5.91 Å². The van der Waals surface area contributed by atoms with Crippen molar-refractivity contribution in [1.82, 2.24) is 19.4 Å². The van der Waals surface area contributed by atoms with Gasteiger partial charge < -0.3 is 14.3 Å². The van der Waals surface area contributed by atoms with Gasteiger partial charge in [0.1, 0.15) is 5.82 Å². The van der Waals surface area contributed by atoms with Crippen molar-refractivity contribution < 1.29 is 13.6 Å². The van der Waals surface area contributed by atoms with E-state index < -0.39 is 0 Å².